The SMILES string of the molecule is CC(CO)CNC1CCCC(C)C1C. The van der Waals surface area contributed by atoms with Crippen LogP contribution in [0.4, 0.5) is 0 Å². The molecule has 0 aromatic carbocycles. The predicted octanol–water partition coefficient (Wildman–Crippen LogP) is 2.03. The highest BCUT2D eigenvalue weighted by molar-refractivity contribution is 4.82. The van der Waals surface area contributed by atoms with Gasteiger partial charge in [0, 0.05) is 19.2 Å². The van der Waals surface area contributed by atoms with Gasteiger partial charge in [0.15, 0.2) is 0 Å². The Hall–Kier alpha value is -0.0800. The molecule has 0 radical (unpaired) electrons. The summed E-state index contributed by atoms with van der Waals surface area (Å²) in [5.74, 6) is 2.03. The maximum absolute atomic E-state index is 8.94. The van der Waals surface area contributed by atoms with Crippen molar-refractivity contribution in [1.29, 1.82) is 0 Å². The van der Waals surface area contributed by atoms with Crippen LogP contribution in [-0.4, -0.2) is 24.3 Å². The van der Waals surface area contributed by atoms with Crippen molar-refractivity contribution in [2.75, 3.05) is 13.2 Å². The molecular weight excluding hydrogens is 174 g/mol. The Morgan fingerprint density at radius 2 is 2.07 bits per heavy atom. The molecule has 1 saturated carbocycles. The number of nitrogens with one attached hydrogen (secondary N) is 1. The Kier molecular flexibility index (Phi) is 4.90. The molecule has 1 fully saturated rings. The van der Waals surface area contributed by atoms with Crippen molar-refractivity contribution >= 4 is 0 Å². The fraction of sp³-hybridized carbons (Fsp3) is 1.00. The van der Waals surface area contributed by atoms with Gasteiger partial charge in [0.2, 0.25) is 0 Å². The van der Waals surface area contributed by atoms with Gasteiger partial charge in [0.1, 0.15) is 0 Å². The van der Waals surface area contributed by atoms with Gasteiger partial charge in [-0.15, -0.1) is 0 Å². The minimum atomic E-state index is 0.295. The van der Waals surface area contributed by atoms with Gasteiger partial charge in [-0.3, -0.25) is 0 Å². The summed E-state index contributed by atoms with van der Waals surface area (Å²) in [7, 11) is 0. The van der Waals surface area contributed by atoms with Crippen LogP contribution in [0.5, 0.6) is 0 Å². The molecular formula is C12H25NO. The molecule has 1 aliphatic rings. The summed E-state index contributed by atoms with van der Waals surface area (Å²) in [5.41, 5.74) is 0. The van der Waals surface area contributed by atoms with Crippen LogP contribution in [0.15, 0.2) is 0 Å². The zero-order valence-corrected chi connectivity index (χ0v) is 9.79. The number of aliphatic hydroxyl groups is 1. The highest BCUT2D eigenvalue weighted by Gasteiger charge is 2.26. The molecule has 0 bridgehead atoms. The second kappa shape index (κ2) is 5.72. The van der Waals surface area contributed by atoms with Gasteiger partial charge >= 0.3 is 0 Å². The fourth-order valence-corrected chi connectivity index (χ4v) is 2.29. The molecule has 2 N–H and O–H groups in total. The molecule has 0 amide bonds. The highest BCUT2D eigenvalue weighted by atomic mass is 16.3. The van der Waals surface area contributed by atoms with Crippen LogP contribution in [0, 0.1) is 17.8 Å². The van der Waals surface area contributed by atoms with E-state index < -0.39 is 0 Å². The predicted molar refractivity (Wildman–Crippen MR) is 60.2 cm³/mol. The molecule has 0 spiro atoms. The van der Waals surface area contributed by atoms with Crippen molar-refractivity contribution in [2.45, 2.75) is 46.1 Å². The van der Waals surface area contributed by atoms with Gasteiger partial charge in [0.25, 0.3) is 0 Å². The normalized spacial score (nSPS) is 35.6. The average molecular weight is 199 g/mol. The zero-order chi connectivity index (χ0) is 10.6. The van der Waals surface area contributed by atoms with Crippen molar-refractivity contribution in [3.8, 4) is 0 Å². The summed E-state index contributed by atoms with van der Waals surface area (Å²) in [6.07, 6.45) is 4.05. The Morgan fingerprint density at radius 3 is 2.71 bits per heavy atom. The van der Waals surface area contributed by atoms with E-state index in [2.05, 4.69) is 26.1 Å². The summed E-state index contributed by atoms with van der Waals surface area (Å²) in [6.45, 7) is 8.05. The summed E-state index contributed by atoms with van der Waals surface area (Å²) in [4.78, 5) is 0. The van der Waals surface area contributed by atoms with E-state index in [1.54, 1.807) is 0 Å². The lowest BCUT2D eigenvalue weighted by molar-refractivity contribution is 0.184. The molecule has 2 heteroatoms. The van der Waals surface area contributed by atoms with Gasteiger partial charge < -0.3 is 10.4 Å². The minimum Gasteiger partial charge on any atom is -0.396 e. The second-order valence-corrected chi connectivity index (χ2v) is 5.07. The lowest BCUT2D eigenvalue weighted by Gasteiger charge is -2.35. The van der Waals surface area contributed by atoms with Crippen LogP contribution in [0.2, 0.25) is 0 Å². The summed E-state index contributed by atoms with van der Waals surface area (Å²) >= 11 is 0. The van der Waals surface area contributed by atoms with Crippen LogP contribution in [0.1, 0.15) is 40.0 Å². The summed E-state index contributed by atoms with van der Waals surface area (Å²) < 4.78 is 0. The van der Waals surface area contributed by atoms with Crippen molar-refractivity contribution in [1.82, 2.24) is 5.32 Å². The third kappa shape index (κ3) is 3.25. The monoisotopic (exact) mass is 199 g/mol. The standard InChI is InChI=1S/C12H25NO/c1-9(8-14)7-13-12-6-4-5-10(2)11(12)3/h9-14H,4-8H2,1-3H3. The maximum atomic E-state index is 8.94. The Morgan fingerprint density at radius 1 is 1.36 bits per heavy atom. The first-order chi connectivity index (χ1) is 6.65. The number of hydrogen-bond donors (Lipinski definition) is 2. The van der Waals surface area contributed by atoms with Crippen LogP contribution >= 0.6 is 0 Å². The third-order valence-corrected chi connectivity index (χ3v) is 3.75. The van der Waals surface area contributed by atoms with E-state index in [4.69, 9.17) is 5.11 Å². The van der Waals surface area contributed by atoms with E-state index in [0.717, 1.165) is 18.4 Å². The molecule has 14 heavy (non-hydrogen) atoms. The van der Waals surface area contributed by atoms with E-state index in [1.807, 2.05) is 0 Å². The molecule has 2 nitrogen and oxygen atoms in total. The largest absolute Gasteiger partial charge is 0.396 e. The fourth-order valence-electron chi connectivity index (χ4n) is 2.29. The molecule has 0 saturated heterocycles. The molecule has 84 valence electrons. The molecule has 0 heterocycles. The van der Waals surface area contributed by atoms with Crippen molar-refractivity contribution < 1.29 is 5.11 Å². The Balaban J connectivity index is 2.28. The number of rotatable bonds is 4. The second-order valence-electron chi connectivity index (χ2n) is 5.07. The first-order valence-corrected chi connectivity index (χ1v) is 5.99. The van der Waals surface area contributed by atoms with Gasteiger partial charge in [-0.05, 0) is 24.2 Å². The van der Waals surface area contributed by atoms with Gasteiger partial charge in [0.05, 0.1) is 0 Å². The molecule has 1 aliphatic carbocycles. The minimum absolute atomic E-state index is 0.295. The Bertz CT molecular complexity index is 160. The maximum Gasteiger partial charge on any atom is 0.0468 e. The lowest BCUT2D eigenvalue weighted by Crippen LogP contribution is -2.42. The van der Waals surface area contributed by atoms with Crippen LogP contribution in [0.25, 0.3) is 0 Å². The van der Waals surface area contributed by atoms with E-state index in [0.29, 0.717) is 18.6 Å². The molecule has 0 aromatic heterocycles. The smallest absolute Gasteiger partial charge is 0.0468 e. The van der Waals surface area contributed by atoms with E-state index >= 15 is 0 Å². The highest BCUT2D eigenvalue weighted by Crippen LogP contribution is 2.29. The van der Waals surface area contributed by atoms with Crippen LogP contribution in [0.3, 0.4) is 0 Å². The third-order valence-electron chi connectivity index (χ3n) is 3.75. The van der Waals surface area contributed by atoms with Crippen molar-refractivity contribution in [3.05, 3.63) is 0 Å². The van der Waals surface area contributed by atoms with Crippen molar-refractivity contribution in [2.24, 2.45) is 17.8 Å². The molecule has 0 aliphatic heterocycles. The number of aliphatic hydroxyl groups excluding tert-OH is 1. The Labute approximate surface area is 88.1 Å². The molecule has 4 atom stereocenters. The zero-order valence-electron chi connectivity index (χ0n) is 9.79. The summed E-state index contributed by atoms with van der Waals surface area (Å²) in [5, 5.41) is 12.5. The van der Waals surface area contributed by atoms with Crippen LogP contribution in [-0.2, 0) is 0 Å². The topological polar surface area (TPSA) is 32.3 Å². The summed E-state index contributed by atoms with van der Waals surface area (Å²) in [6, 6.07) is 0.674. The molecule has 1 rings (SSSR count). The van der Waals surface area contributed by atoms with E-state index in [-0.39, 0.29) is 0 Å². The van der Waals surface area contributed by atoms with E-state index in [9.17, 15) is 0 Å². The van der Waals surface area contributed by atoms with Gasteiger partial charge in [-0.1, -0.05) is 33.6 Å². The van der Waals surface area contributed by atoms with Crippen LogP contribution < -0.4 is 5.32 Å². The van der Waals surface area contributed by atoms with E-state index in [1.165, 1.54) is 19.3 Å². The molecule has 4 unspecified atom stereocenters. The first-order valence-electron chi connectivity index (χ1n) is 5.99. The van der Waals surface area contributed by atoms with Gasteiger partial charge in [-0.2, -0.15) is 0 Å². The average Bonchev–Trinajstić information content (AvgIpc) is 2.20. The van der Waals surface area contributed by atoms with Gasteiger partial charge in [-0.25, -0.2) is 0 Å². The molecule has 0 aromatic rings. The van der Waals surface area contributed by atoms with Crippen molar-refractivity contribution in [3.63, 3.8) is 0 Å². The first kappa shape index (κ1) is 12.0. The number of hydrogen-bond acceptors (Lipinski definition) is 2. The quantitative estimate of drug-likeness (QED) is 0.726. The lowest BCUT2D eigenvalue weighted by atomic mass is 9.78.